The summed E-state index contributed by atoms with van der Waals surface area (Å²) in [6, 6.07) is 5.07. The van der Waals surface area contributed by atoms with Crippen molar-refractivity contribution in [2.24, 2.45) is 0 Å². The fourth-order valence-electron chi connectivity index (χ4n) is 1.18. The van der Waals surface area contributed by atoms with Gasteiger partial charge in [0.15, 0.2) is 0 Å². The van der Waals surface area contributed by atoms with Crippen molar-refractivity contribution >= 4 is 27.5 Å². The summed E-state index contributed by atoms with van der Waals surface area (Å²) in [5.74, 6) is 0.152. The maximum absolute atomic E-state index is 9.74. The van der Waals surface area contributed by atoms with Crippen molar-refractivity contribution in [2.45, 2.75) is 0 Å². The largest absolute Gasteiger partial charge is 0.506 e. The van der Waals surface area contributed by atoms with Crippen LogP contribution in [0.15, 0.2) is 28.9 Å². The molecule has 3 nitrogen and oxygen atoms in total. The van der Waals surface area contributed by atoms with Gasteiger partial charge >= 0.3 is 0 Å². The third kappa shape index (κ3) is 1.63. The number of H-pyrrole nitrogens is 1. The smallest absolute Gasteiger partial charge is 0.139 e. The predicted molar refractivity (Wildman–Crippen MR) is 58.4 cm³/mol. The van der Waals surface area contributed by atoms with E-state index in [-0.39, 0.29) is 5.75 Å². The molecule has 0 atom stereocenters. The Morgan fingerprint density at radius 2 is 2.21 bits per heavy atom. The summed E-state index contributed by atoms with van der Waals surface area (Å²) in [6.07, 6.45) is 1.61. The number of hydrogen-bond acceptors (Lipinski definition) is 2. The van der Waals surface area contributed by atoms with Crippen LogP contribution in [-0.2, 0) is 0 Å². The molecule has 1 heterocycles. The lowest BCUT2D eigenvalue weighted by atomic mass is 10.1. The minimum atomic E-state index is 0.152. The fourth-order valence-corrected chi connectivity index (χ4v) is 1.99. The molecular formula is C9H6BrClN2O. The van der Waals surface area contributed by atoms with E-state index in [1.54, 1.807) is 24.4 Å². The maximum Gasteiger partial charge on any atom is 0.139 e. The molecule has 0 bridgehead atoms. The molecule has 0 aliphatic rings. The van der Waals surface area contributed by atoms with Crippen molar-refractivity contribution in [1.29, 1.82) is 0 Å². The van der Waals surface area contributed by atoms with E-state index in [1.165, 1.54) is 0 Å². The second kappa shape index (κ2) is 3.63. The number of hydrogen-bond donors (Lipinski definition) is 2. The van der Waals surface area contributed by atoms with Crippen molar-refractivity contribution in [3.8, 4) is 17.0 Å². The molecule has 0 spiro atoms. The van der Waals surface area contributed by atoms with Crippen molar-refractivity contribution in [3.63, 3.8) is 0 Å². The zero-order valence-electron chi connectivity index (χ0n) is 6.96. The Balaban J connectivity index is 2.64. The molecule has 1 aromatic carbocycles. The number of rotatable bonds is 1. The van der Waals surface area contributed by atoms with Gasteiger partial charge in [-0.2, -0.15) is 5.10 Å². The molecule has 5 heteroatoms. The van der Waals surface area contributed by atoms with Crippen LogP contribution in [0.25, 0.3) is 11.3 Å². The lowest BCUT2D eigenvalue weighted by molar-refractivity contribution is 0.474. The minimum Gasteiger partial charge on any atom is -0.506 e. The highest BCUT2D eigenvalue weighted by molar-refractivity contribution is 9.10. The zero-order chi connectivity index (χ0) is 10.1. The van der Waals surface area contributed by atoms with E-state index in [9.17, 15) is 5.11 Å². The molecule has 0 fully saturated rings. The molecule has 14 heavy (non-hydrogen) atoms. The standard InChI is InChI=1S/C9H6BrClN2O/c10-7-4-5(11)3-6(9(7)14)8-1-2-12-13-8/h1-4,14H,(H,12,13). The van der Waals surface area contributed by atoms with Crippen LogP contribution in [0, 0.1) is 0 Å². The molecule has 0 saturated carbocycles. The van der Waals surface area contributed by atoms with Gasteiger partial charge in [0, 0.05) is 16.8 Å². The van der Waals surface area contributed by atoms with Crippen LogP contribution >= 0.6 is 27.5 Å². The van der Waals surface area contributed by atoms with Crippen molar-refractivity contribution in [1.82, 2.24) is 10.2 Å². The molecule has 0 radical (unpaired) electrons. The number of aromatic hydroxyl groups is 1. The van der Waals surface area contributed by atoms with Crippen LogP contribution in [0.1, 0.15) is 0 Å². The van der Waals surface area contributed by atoms with Gasteiger partial charge in [0.1, 0.15) is 5.75 Å². The molecule has 0 unspecified atom stereocenters. The molecule has 2 rings (SSSR count). The Labute approximate surface area is 93.9 Å². The first-order chi connectivity index (χ1) is 6.68. The number of halogens is 2. The molecule has 0 saturated heterocycles. The van der Waals surface area contributed by atoms with Gasteiger partial charge in [0.05, 0.1) is 10.2 Å². The Morgan fingerprint density at radius 1 is 1.43 bits per heavy atom. The van der Waals surface area contributed by atoms with E-state index in [4.69, 9.17) is 11.6 Å². The van der Waals surface area contributed by atoms with E-state index in [2.05, 4.69) is 26.1 Å². The van der Waals surface area contributed by atoms with Gasteiger partial charge in [-0.15, -0.1) is 0 Å². The third-order valence-electron chi connectivity index (χ3n) is 1.82. The highest BCUT2D eigenvalue weighted by Crippen LogP contribution is 2.36. The Kier molecular flexibility index (Phi) is 2.48. The second-order valence-electron chi connectivity index (χ2n) is 2.75. The van der Waals surface area contributed by atoms with Crippen molar-refractivity contribution in [2.75, 3.05) is 0 Å². The van der Waals surface area contributed by atoms with Crippen LogP contribution < -0.4 is 0 Å². The number of aromatic nitrogens is 2. The molecule has 2 N–H and O–H groups in total. The normalized spacial score (nSPS) is 10.4. The fraction of sp³-hybridized carbons (Fsp3) is 0. The summed E-state index contributed by atoms with van der Waals surface area (Å²) < 4.78 is 0.564. The highest BCUT2D eigenvalue weighted by Gasteiger charge is 2.10. The van der Waals surface area contributed by atoms with E-state index < -0.39 is 0 Å². The number of aromatic amines is 1. The van der Waals surface area contributed by atoms with Crippen LogP contribution in [0.5, 0.6) is 5.75 Å². The lowest BCUT2D eigenvalue weighted by Crippen LogP contribution is -1.81. The van der Waals surface area contributed by atoms with Crippen LogP contribution in [0.4, 0.5) is 0 Å². The summed E-state index contributed by atoms with van der Waals surface area (Å²) in [5, 5.41) is 16.9. The third-order valence-corrected chi connectivity index (χ3v) is 2.64. The molecular weight excluding hydrogens is 267 g/mol. The van der Waals surface area contributed by atoms with E-state index in [1.807, 2.05) is 0 Å². The number of phenols is 1. The van der Waals surface area contributed by atoms with Gasteiger partial charge in [-0.25, -0.2) is 0 Å². The Bertz CT molecular complexity index is 456. The maximum atomic E-state index is 9.74. The highest BCUT2D eigenvalue weighted by atomic mass is 79.9. The first-order valence-corrected chi connectivity index (χ1v) is 5.03. The Hall–Kier alpha value is -1.00. The monoisotopic (exact) mass is 272 g/mol. The SMILES string of the molecule is Oc1c(Br)cc(Cl)cc1-c1ccn[nH]1. The van der Waals surface area contributed by atoms with Crippen LogP contribution in [0.3, 0.4) is 0 Å². The van der Waals surface area contributed by atoms with E-state index in [0.29, 0.717) is 15.1 Å². The summed E-state index contributed by atoms with van der Waals surface area (Å²) in [5.41, 5.74) is 1.35. The molecule has 72 valence electrons. The Morgan fingerprint density at radius 3 is 2.86 bits per heavy atom. The summed E-state index contributed by atoms with van der Waals surface area (Å²) in [7, 11) is 0. The molecule has 0 amide bonds. The molecule has 0 aliphatic heterocycles. The van der Waals surface area contributed by atoms with Crippen LogP contribution in [-0.4, -0.2) is 15.3 Å². The lowest BCUT2D eigenvalue weighted by Gasteiger charge is -2.04. The second-order valence-corrected chi connectivity index (χ2v) is 4.04. The number of nitrogens with zero attached hydrogens (tertiary/aromatic N) is 1. The van der Waals surface area contributed by atoms with Gasteiger partial charge in [0.25, 0.3) is 0 Å². The average molecular weight is 274 g/mol. The van der Waals surface area contributed by atoms with E-state index in [0.717, 1.165) is 5.69 Å². The van der Waals surface area contributed by atoms with Gasteiger partial charge < -0.3 is 5.11 Å². The number of benzene rings is 1. The predicted octanol–water partition coefficient (Wildman–Crippen LogP) is 3.20. The summed E-state index contributed by atoms with van der Waals surface area (Å²) in [4.78, 5) is 0. The van der Waals surface area contributed by atoms with E-state index >= 15 is 0 Å². The van der Waals surface area contributed by atoms with Crippen LogP contribution in [0.2, 0.25) is 5.02 Å². The van der Waals surface area contributed by atoms with Gasteiger partial charge in [-0.05, 0) is 34.1 Å². The first kappa shape index (κ1) is 9.55. The summed E-state index contributed by atoms with van der Waals surface area (Å²) in [6.45, 7) is 0. The summed E-state index contributed by atoms with van der Waals surface area (Å²) >= 11 is 9.08. The number of nitrogens with one attached hydrogen (secondary N) is 1. The molecule has 1 aromatic heterocycles. The van der Waals surface area contributed by atoms with Gasteiger partial charge in [-0.3, -0.25) is 5.10 Å². The van der Waals surface area contributed by atoms with Crippen molar-refractivity contribution in [3.05, 3.63) is 33.9 Å². The zero-order valence-corrected chi connectivity index (χ0v) is 9.30. The molecule has 2 aromatic rings. The number of phenolic OH excluding ortho intramolecular Hbond substituents is 1. The minimum absolute atomic E-state index is 0.152. The first-order valence-electron chi connectivity index (χ1n) is 3.86. The van der Waals surface area contributed by atoms with Crippen molar-refractivity contribution < 1.29 is 5.11 Å². The quantitative estimate of drug-likeness (QED) is 0.838. The topological polar surface area (TPSA) is 48.9 Å². The van der Waals surface area contributed by atoms with Gasteiger partial charge in [-0.1, -0.05) is 11.6 Å². The van der Waals surface area contributed by atoms with Gasteiger partial charge in [0.2, 0.25) is 0 Å². The molecule has 0 aliphatic carbocycles. The average Bonchev–Trinajstić information content (AvgIpc) is 2.63.